The van der Waals surface area contributed by atoms with Gasteiger partial charge in [-0.05, 0) is 41.5 Å². The summed E-state index contributed by atoms with van der Waals surface area (Å²) in [7, 11) is 0. The van der Waals surface area contributed by atoms with Crippen LogP contribution in [0.1, 0.15) is 34.7 Å². The molecule has 0 fully saturated rings. The highest BCUT2D eigenvalue weighted by Gasteiger charge is 2.26. The van der Waals surface area contributed by atoms with Crippen molar-refractivity contribution in [2.45, 2.75) is 31.8 Å². The first-order valence-electron chi connectivity index (χ1n) is 8.01. The van der Waals surface area contributed by atoms with Crippen LogP contribution in [0.3, 0.4) is 0 Å². The van der Waals surface area contributed by atoms with Gasteiger partial charge in [0.05, 0.1) is 6.04 Å². The first-order chi connectivity index (χ1) is 10.8. The number of carbonyl (C=O) groups excluding carboxylic acids is 1. The highest BCUT2D eigenvalue weighted by atomic mass is 16.2. The first-order valence-corrected chi connectivity index (χ1v) is 8.01. The van der Waals surface area contributed by atoms with E-state index in [4.69, 9.17) is 0 Å². The number of amides is 2. The van der Waals surface area contributed by atoms with Crippen LogP contribution in [0, 0.1) is 0 Å². The monoisotopic (exact) mass is 292 g/mol. The summed E-state index contributed by atoms with van der Waals surface area (Å²) in [6, 6.07) is 17.1. The fourth-order valence-corrected chi connectivity index (χ4v) is 3.62. The average Bonchev–Trinajstić information content (AvgIpc) is 2.97. The third kappa shape index (κ3) is 2.37. The van der Waals surface area contributed by atoms with Gasteiger partial charge in [0, 0.05) is 13.1 Å². The number of carbonyl (C=O) groups is 1. The second-order valence-corrected chi connectivity index (χ2v) is 6.18. The molecule has 3 heteroatoms. The van der Waals surface area contributed by atoms with Gasteiger partial charge in [-0.15, -0.1) is 0 Å². The van der Waals surface area contributed by atoms with Crippen molar-refractivity contribution in [2.24, 2.45) is 0 Å². The fraction of sp³-hybridized carbons (Fsp3) is 0.316. The van der Waals surface area contributed by atoms with E-state index in [1.807, 2.05) is 11.0 Å². The van der Waals surface area contributed by atoms with Gasteiger partial charge in [0.15, 0.2) is 0 Å². The summed E-state index contributed by atoms with van der Waals surface area (Å²) < 4.78 is 0. The van der Waals surface area contributed by atoms with Crippen LogP contribution >= 0.6 is 0 Å². The van der Waals surface area contributed by atoms with Crippen molar-refractivity contribution in [1.82, 2.24) is 10.2 Å². The maximum Gasteiger partial charge on any atom is 0.318 e. The van der Waals surface area contributed by atoms with Gasteiger partial charge in [0.1, 0.15) is 0 Å². The zero-order chi connectivity index (χ0) is 14.9. The van der Waals surface area contributed by atoms with Crippen LogP contribution in [0.2, 0.25) is 0 Å². The Morgan fingerprint density at radius 3 is 2.55 bits per heavy atom. The second kappa shape index (κ2) is 5.48. The number of benzene rings is 2. The first kappa shape index (κ1) is 13.4. The van der Waals surface area contributed by atoms with Crippen LogP contribution in [0.4, 0.5) is 4.79 Å². The van der Waals surface area contributed by atoms with Gasteiger partial charge in [-0.3, -0.25) is 0 Å². The van der Waals surface area contributed by atoms with Crippen LogP contribution < -0.4 is 5.32 Å². The molecule has 3 nitrogen and oxygen atoms in total. The number of urea groups is 1. The molecule has 1 atom stereocenters. The number of hydrogen-bond acceptors (Lipinski definition) is 1. The SMILES string of the molecule is O=C(NC1CCc2ccccc21)N1CCc2ccccc2C1. The minimum absolute atomic E-state index is 0.0659. The quantitative estimate of drug-likeness (QED) is 0.858. The molecule has 0 radical (unpaired) electrons. The number of nitrogens with one attached hydrogen (secondary N) is 1. The third-order valence-corrected chi connectivity index (χ3v) is 4.85. The molecule has 0 aromatic heterocycles. The Bertz CT molecular complexity index is 710. The molecule has 0 saturated carbocycles. The Balaban J connectivity index is 1.46. The summed E-state index contributed by atoms with van der Waals surface area (Å²) in [4.78, 5) is 14.5. The van der Waals surface area contributed by atoms with E-state index in [2.05, 4.69) is 47.8 Å². The molecule has 1 heterocycles. The van der Waals surface area contributed by atoms with Crippen LogP contribution in [0.5, 0.6) is 0 Å². The normalized spacial score (nSPS) is 19.5. The fourth-order valence-electron chi connectivity index (χ4n) is 3.62. The van der Waals surface area contributed by atoms with E-state index >= 15 is 0 Å². The van der Waals surface area contributed by atoms with Crippen LogP contribution in [-0.2, 0) is 19.4 Å². The molecule has 2 amide bonds. The predicted molar refractivity (Wildman–Crippen MR) is 86.6 cm³/mol. The molecule has 22 heavy (non-hydrogen) atoms. The van der Waals surface area contributed by atoms with Crippen LogP contribution in [-0.4, -0.2) is 17.5 Å². The van der Waals surface area contributed by atoms with E-state index in [0.717, 1.165) is 32.4 Å². The zero-order valence-electron chi connectivity index (χ0n) is 12.6. The van der Waals surface area contributed by atoms with Crippen molar-refractivity contribution in [1.29, 1.82) is 0 Å². The number of nitrogens with zero attached hydrogens (tertiary/aromatic N) is 1. The van der Waals surface area contributed by atoms with E-state index in [0.29, 0.717) is 0 Å². The Hall–Kier alpha value is -2.29. The van der Waals surface area contributed by atoms with Gasteiger partial charge < -0.3 is 10.2 Å². The van der Waals surface area contributed by atoms with Gasteiger partial charge in [-0.2, -0.15) is 0 Å². The lowest BCUT2D eigenvalue weighted by molar-refractivity contribution is 0.188. The van der Waals surface area contributed by atoms with Crippen molar-refractivity contribution in [3.05, 3.63) is 70.8 Å². The number of rotatable bonds is 1. The van der Waals surface area contributed by atoms with E-state index in [9.17, 15) is 4.79 Å². The van der Waals surface area contributed by atoms with E-state index in [-0.39, 0.29) is 12.1 Å². The molecule has 1 N–H and O–H groups in total. The van der Waals surface area contributed by atoms with Crippen LogP contribution in [0.25, 0.3) is 0 Å². The zero-order valence-corrected chi connectivity index (χ0v) is 12.6. The van der Waals surface area contributed by atoms with Crippen molar-refractivity contribution >= 4 is 6.03 Å². The molecule has 0 bridgehead atoms. The molecule has 1 aliphatic carbocycles. The average molecular weight is 292 g/mol. The Kier molecular flexibility index (Phi) is 3.34. The maximum atomic E-state index is 12.6. The molecule has 4 rings (SSSR count). The largest absolute Gasteiger partial charge is 0.331 e. The third-order valence-electron chi connectivity index (χ3n) is 4.85. The molecule has 112 valence electrons. The Morgan fingerprint density at radius 2 is 1.68 bits per heavy atom. The number of hydrogen-bond donors (Lipinski definition) is 1. The molecule has 2 aromatic carbocycles. The molecular formula is C19H20N2O. The topological polar surface area (TPSA) is 32.3 Å². The summed E-state index contributed by atoms with van der Waals surface area (Å²) in [5.74, 6) is 0. The Morgan fingerprint density at radius 1 is 0.955 bits per heavy atom. The summed E-state index contributed by atoms with van der Waals surface area (Å²) in [6.07, 6.45) is 3.02. The Labute approximate surface area is 131 Å². The van der Waals surface area contributed by atoms with Crippen molar-refractivity contribution in [2.75, 3.05) is 6.54 Å². The highest BCUT2D eigenvalue weighted by Crippen LogP contribution is 2.31. The number of fused-ring (bicyclic) bond motifs is 2. The highest BCUT2D eigenvalue weighted by molar-refractivity contribution is 5.75. The maximum absolute atomic E-state index is 12.6. The van der Waals surface area contributed by atoms with Gasteiger partial charge in [-0.25, -0.2) is 4.79 Å². The van der Waals surface area contributed by atoms with E-state index < -0.39 is 0 Å². The minimum atomic E-state index is 0.0659. The summed E-state index contributed by atoms with van der Waals surface area (Å²) >= 11 is 0. The number of aryl methyl sites for hydroxylation is 1. The van der Waals surface area contributed by atoms with Gasteiger partial charge in [-0.1, -0.05) is 48.5 Å². The van der Waals surface area contributed by atoms with Crippen molar-refractivity contribution in [3.8, 4) is 0 Å². The van der Waals surface area contributed by atoms with Crippen molar-refractivity contribution < 1.29 is 4.79 Å². The molecule has 1 unspecified atom stereocenters. The smallest absolute Gasteiger partial charge is 0.318 e. The summed E-state index contributed by atoms with van der Waals surface area (Å²) in [5.41, 5.74) is 5.30. The molecule has 0 spiro atoms. The predicted octanol–water partition coefficient (Wildman–Crippen LogP) is 3.44. The van der Waals surface area contributed by atoms with Gasteiger partial charge in [0.25, 0.3) is 0 Å². The lowest BCUT2D eigenvalue weighted by Crippen LogP contribution is -2.43. The molecular weight excluding hydrogens is 272 g/mol. The van der Waals surface area contributed by atoms with E-state index in [1.54, 1.807) is 0 Å². The molecule has 0 saturated heterocycles. The summed E-state index contributed by atoms with van der Waals surface area (Å²) in [5, 5.41) is 3.22. The van der Waals surface area contributed by atoms with Crippen LogP contribution in [0.15, 0.2) is 48.5 Å². The lowest BCUT2D eigenvalue weighted by Gasteiger charge is -2.30. The molecule has 1 aliphatic heterocycles. The molecule has 2 aromatic rings. The van der Waals surface area contributed by atoms with Gasteiger partial charge >= 0.3 is 6.03 Å². The second-order valence-electron chi connectivity index (χ2n) is 6.18. The molecule has 2 aliphatic rings. The minimum Gasteiger partial charge on any atom is -0.331 e. The van der Waals surface area contributed by atoms with E-state index in [1.165, 1.54) is 22.3 Å². The lowest BCUT2D eigenvalue weighted by atomic mass is 10.0. The standard InChI is InChI=1S/C19H20N2O/c22-19(20-18-10-9-15-6-3-4-8-17(15)18)21-12-11-14-5-1-2-7-16(14)13-21/h1-8,18H,9-13H2,(H,20,22). The summed E-state index contributed by atoms with van der Waals surface area (Å²) in [6.45, 7) is 1.52. The van der Waals surface area contributed by atoms with Crippen molar-refractivity contribution in [3.63, 3.8) is 0 Å². The van der Waals surface area contributed by atoms with Gasteiger partial charge in [0.2, 0.25) is 0 Å².